The van der Waals surface area contributed by atoms with E-state index in [4.69, 9.17) is 10.2 Å². The van der Waals surface area contributed by atoms with Crippen molar-refractivity contribution in [1.29, 1.82) is 0 Å². The van der Waals surface area contributed by atoms with Gasteiger partial charge in [-0.2, -0.15) is 0 Å². The average Bonchev–Trinajstić information content (AvgIpc) is 2.83. The predicted octanol–water partition coefficient (Wildman–Crippen LogP) is 4.24. The van der Waals surface area contributed by atoms with E-state index in [0.29, 0.717) is 0 Å². The second-order valence-electron chi connectivity index (χ2n) is 4.18. The summed E-state index contributed by atoms with van der Waals surface area (Å²) < 4.78 is 6.36. The van der Waals surface area contributed by atoms with E-state index in [0.717, 1.165) is 21.2 Å². The first-order valence-electron chi connectivity index (χ1n) is 5.73. The molecule has 3 heteroatoms. The van der Waals surface area contributed by atoms with E-state index >= 15 is 0 Å². The summed E-state index contributed by atoms with van der Waals surface area (Å²) in [5.41, 5.74) is 7.38. The van der Waals surface area contributed by atoms with Crippen LogP contribution in [0.1, 0.15) is 17.4 Å². The fraction of sp³-hybridized carbons (Fsp3) is 0.0667. The summed E-state index contributed by atoms with van der Waals surface area (Å²) in [6, 6.07) is 16.0. The zero-order chi connectivity index (χ0) is 12.5. The molecule has 1 unspecified atom stereocenters. The molecule has 1 heterocycles. The van der Waals surface area contributed by atoms with E-state index in [1.54, 1.807) is 6.26 Å². The largest absolute Gasteiger partial charge is 0.466 e. The van der Waals surface area contributed by atoms with Crippen molar-refractivity contribution in [2.45, 2.75) is 6.04 Å². The van der Waals surface area contributed by atoms with Gasteiger partial charge in [-0.1, -0.05) is 42.5 Å². The average molecular weight is 302 g/mol. The lowest BCUT2D eigenvalue weighted by Gasteiger charge is -2.13. The van der Waals surface area contributed by atoms with Crippen LogP contribution in [0.3, 0.4) is 0 Å². The van der Waals surface area contributed by atoms with Crippen LogP contribution in [-0.2, 0) is 0 Å². The van der Waals surface area contributed by atoms with Crippen molar-refractivity contribution < 1.29 is 4.42 Å². The summed E-state index contributed by atoms with van der Waals surface area (Å²) in [5.74, 6) is 0.756. The van der Waals surface area contributed by atoms with Crippen molar-refractivity contribution in [3.05, 3.63) is 70.6 Å². The van der Waals surface area contributed by atoms with E-state index in [2.05, 4.69) is 34.1 Å². The Morgan fingerprint density at radius 3 is 2.56 bits per heavy atom. The maximum Gasteiger partial charge on any atom is 0.139 e. The monoisotopic (exact) mass is 301 g/mol. The van der Waals surface area contributed by atoms with E-state index in [1.165, 1.54) is 5.39 Å². The van der Waals surface area contributed by atoms with Crippen LogP contribution in [0.5, 0.6) is 0 Å². The van der Waals surface area contributed by atoms with Gasteiger partial charge in [0.15, 0.2) is 0 Å². The maximum atomic E-state index is 6.30. The van der Waals surface area contributed by atoms with Crippen LogP contribution in [0.2, 0.25) is 0 Å². The molecule has 3 aromatic rings. The summed E-state index contributed by atoms with van der Waals surface area (Å²) in [7, 11) is 0. The highest BCUT2D eigenvalue weighted by atomic mass is 79.9. The first kappa shape index (κ1) is 11.5. The number of benzene rings is 2. The topological polar surface area (TPSA) is 39.2 Å². The summed E-state index contributed by atoms with van der Waals surface area (Å²) >= 11 is 3.45. The van der Waals surface area contributed by atoms with Crippen LogP contribution in [0, 0.1) is 0 Å². The highest BCUT2D eigenvalue weighted by Gasteiger charge is 2.17. The van der Waals surface area contributed by atoms with Crippen molar-refractivity contribution in [2.75, 3.05) is 0 Å². The molecular formula is C15H12BrNO. The fourth-order valence-electron chi connectivity index (χ4n) is 2.19. The molecule has 1 atom stereocenters. The van der Waals surface area contributed by atoms with Gasteiger partial charge in [0, 0.05) is 0 Å². The molecule has 0 spiro atoms. The first-order valence-corrected chi connectivity index (χ1v) is 6.53. The van der Waals surface area contributed by atoms with Gasteiger partial charge in [-0.15, -0.1) is 0 Å². The smallest absolute Gasteiger partial charge is 0.139 e. The Morgan fingerprint density at radius 2 is 1.78 bits per heavy atom. The van der Waals surface area contributed by atoms with Crippen molar-refractivity contribution in [3.63, 3.8) is 0 Å². The molecule has 3 rings (SSSR count). The molecule has 0 aliphatic rings. The second-order valence-corrected chi connectivity index (χ2v) is 5.03. The molecule has 0 saturated heterocycles. The molecule has 0 saturated carbocycles. The molecule has 2 aromatic carbocycles. The minimum atomic E-state index is -0.263. The van der Waals surface area contributed by atoms with Crippen LogP contribution < -0.4 is 5.73 Å². The third-order valence-electron chi connectivity index (χ3n) is 3.09. The standard InChI is InChI=1S/C15H12BrNO/c16-13-8-9-18-15(13)14(17)12-7-3-5-10-4-1-2-6-11(10)12/h1-9,14H,17H2. The molecule has 0 aliphatic heterocycles. The van der Waals surface area contributed by atoms with Gasteiger partial charge in [-0.25, -0.2) is 0 Å². The molecule has 0 radical (unpaired) electrons. The van der Waals surface area contributed by atoms with Gasteiger partial charge >= 0.3 is 0 Å². The molecular weight excluding hydrogens is 290 g/mol. The van der Waals surface area contributed by atoms with Crippen molar-refractivity contribution >= 4 is 26.7 Å². The minimum Gasteiger partial charge on any atom is -0.466 e. The molecule has 2 nitrogen and oxygen atoms in total. The van der Waals surface area contributed by atoms with Gasteiger partial charge in [0.05, 0.1) is 16.8 Å². The Kier molecular flexibility index (Phi) is 2.94. The number of halogens is 1. The van der Waals surface area contributed by atoms with Gasteiger partial charge in [-0.3, -0.25) is 0 Å². The molecule has 1 aromatic heterocycles. The van der Waals surface area contributed by atoms with Gasteiger partial charge in [-0.05, 0) is 38.3 Å². The molecule has 0 aliphatic carbocycles. The van der Waals surface area contributed by atoms with Crippen molar-refractivity contribution in [3.8, 4) is 0 Å². The Morgan fingerprint density at radius 1 is 1.00 bits per heavy atom. The lowest BCUT2D eigenvalue weighted by molar-refractivity contribution is 0.488. The number of nitrogens with two attached hydrogens (primary N) is 1. The first-order chi connectivity index (χ1) is 8.77. The Bertz CT molecular complexity index is 684. The van der Waals surface area contributed by atoms with E-state index in [1.807, 2.05) is 30.3 Å². The molecule has 0 amide bonds. The minimum absolute atomic E-state index is 0.263. The summed E-state index contributed by atoms with van der Waals surface area (Å²) in [6.45, 7) is 0. The number of hydrogen-bond acceptors (Lipinski definition) is 2. The Hall–Kier alpha value is -1.58. The highest BCUT2D eigenvalue weighted by molar-refractivity contribution is 9.10. The van der Waals surface area contributed by atoms with Crippen LogP contribution in [0.4, 0.5) is 0 Å². The SMILES string of the molecule is NC(c1occc1Br)c1cccc2ccccc12. The number of hydrogen-bond donors (Lipinski definition) is 1. The molecule has 90 valence electrons. The maximum absolute atomic E-state index is 6.30. The number of rotatable bonds is 2. The predicted molar refractivity (Wildman–Crippen MR) is 76.4 cm³/mol. The third-order valence-corrected chi connectivity index (χ3v) is 3.74. The van der Waals surface area contributed by atoms with Crippen molar-refractivity contribution in [2.24, 2.45) is 5.73 Å². The van der Waals surface area contributed by atoms with Crippen LogP contribution in [-0.4, -0.2) is 0 Å². The van der Waals surface area contributed by atoms with Crippen LogP contribution >= 0.6 is 15.9 Å². The van der Waals surface area contributed by atoms with Gasteiger partial charge in [0.25, 0.3) is 0 Å². The summed E-state index contributed by atoms with van der Waals surface area (Å²) in [4.78, 5) is 0. The van der Waals surface area contributed by atoms with Crippen LogP contribution in [0.15, 0.2) is 63.7 Å². The highest BCUT2D eigenvalue weighted by Crippen LogP contribution is 2.31. The normalized spacial score (nSPS) is 12.8. The Balaban J connectivity index is 2.18. The molecule has 18 heavy (non-hydrogen) atoms. The molecule has 0 bridgehead atoms. The fourth-order valence-corrected chi connectivity index (χ4v) is 2.64. The third kappa shape index (κ3) is 1.85. The van der Waals surface area contributed by atoms with Crippen LogP contribution in [0.25, 0.3) is 10.8 Å². The summed E-state index contributed by atoms with van der Waals surface area (Å²) in [6.07, 6.45) is 1.64. The zero-order valence-corrected chi connectivity index (χ0v) is 11.2. The van der Waals surface area contributed by atoms with Gasteiger partial charge < -0.3 is 10.2 Å². The summed E-state index contributed by atoms with van der Waals surface area (Å²) in [5, 5.41) is 2.35. The molecule has 2 N–H and O–H groups in total. The van der Waals surface area contributed by atoms with Gasteiger partial charge in [0.2, 0.25) is 0 Å². The van der Waals surface area contributed by atoms with E-state index < -0.39 is 0 Å². The quantitative estimate of drug-likeness (QED) is 0.769. The van der Waals surface area contributed by atoms with E-state index in [-0.39, 0.29) is 6.04 Å². The number of fused-ring (bicyclic) bond motifs is 1. The molecule has 0 fully saturated rings. The zero-order valence-electron chi connectivity index (χ0n) is 9.64. The lowest BCUT2D eigenvalue weighted by atomic mass is 9.98. The number of furan rings is 1. The Labute approximate surface area is 114 Å². The second kappa shape index (κ2) is 4.59. The van der Waals surface area contributed by atoms with Crippen molar-refractivity contribution in [1.82, 2.24) is 0 Å². The lowest BCUT2D eigenvalue weighted by Crippen LogP contribution is -2.11. The van der Waals surface area contributed by atoms with E-state index in [9.17, 15) is 0 Å². The van der Waals surface area contributed by atoms with Gasteiger partial charge in [0.1, 0.15) is 5.76 Å².